The van der Waals surface area contributed by atoms with Crippen molar-refractivity contribution in [2.24, 2.45) is 4.99 Å². The average Bonchev–Trinajstić information content (AvgIpc) is 2.90. The largest absolute Gasteiger partial charge is 0.288 e. The summed E-state index contributed by atoms with van der Waals surface area (Å²) in [6.45, 7) is 1.48. The van der Waals surface area contributed by atoms with Crippen LogP contribution in [0.15, 0.2) is 58.5 Å². The maximum atomic E-state index is 12.1. The van der Waals surface area contributed by atoms with Gasteiger partial charge in [0.05, 0.1) is 4.90 Å². The summed E-state index contributed by atoms with van der Waals surface area (Å²) in [4.78, 5) is 32.0. The summed E-state index contributed by atoms with van der Waals surface area (Å²) in [5, 5.41) is 0. The van der Waals surface area contributed by atoms with Gasteiger partial charge in [0.1, 0.15) is 17.6 Å². The zero-order valence-electron chi connectivity index (χ0n) is 13.6. The van der Waals surface area contributed by atoms with Gasteiger partial charge in [-0.15, -0.1) is 0 Å². The molecule has 10 heteroatoms. The second-order valence-electron chi connectivity index (χ2n) is 5.41. The Morgan fingerprint density at radius 2 is 1.85 bits per heavy atom. The standard InChI is InChI=1S/C16H15N5O4S/c1-10(15(22)19-20-16(23)12-7-4-5-9-17-12)18-14-11-6-2-3-8-13(11)26(24,25)21-14/h2-10H,1H3,(H,18,21)(H,19,22)(H,20,23)/t10-/m1/s1. The molecule has 2 heterocycles. The number of hydrazine groups is 1. The fourth-order valence-electron chi connectivity index (χ4n) is 2.27. The number of fused-ring (bicyclic) bond motifs is 1. The smallest absolute Gasteiger partial charge is 0.271 e. The highest BCUT2D eigenvalue weighted by atomic mass is 32.2. The predicted molar refractivity (Wildman–Crippen MR) is 92.6 cm³/mol. The molecule has 0 aliphatic carbocycles. The number of benzene rings is 1. The van der Waals surface area contributed by atoms with E-state index in [-0.39, 0.29) is 16.4 Å². The molecule has 0 saturated carbocycles. The van der Waals surface area contributed by atoms with Gasteiger partial charge in [-0.1, -0.05) is 18.2 Å². The minimum Gasteiger partial charge on any atom is -0.271 e. The highest BCUT2D eigenvalue weighted by Gasteiger charge is 2.31. The normalized spacial score (nSPS) is 17.0. The molecule has 1 aromatic carbocycles. The molecule has 1 aliphatic rings. The molecule has 2 aromatic rings. The number of aliphatic imine (C=N–C) groups is 1. The van der Waals surface area contributed by atoms with Crippen LogP contribution in [-0.2, 0) is 14.8 Å². The lowest BCUT2D eigenvalue weighted by atomic mass is 10.2. The quantitative estimate of drug-likeness (QED) is 0.651. The molecule has 0 radical (unpaired) electrons. The number of carbonyl (C=O) groups excluding carboxylic acids is 2. The maximum Gasteiger partial charge on any atom is 0.288 e. The van der Waals surface area contributed by atoms with E-state index in [0.717, 1.165) is 0 Å². The number of aromatic nitrogens is 1. The van der Waals surface area contributed by atoms with Crippen molar-refractivity contribution < 1.29 is 18.0 Å². The molecule has 0 fully saturated rings. The molecule has 3 rings (SSSR count). The van der Waals surface area contributed by atoms with E-state index in [1.54, 1.807) is 30.3 Å². The van der Waals surface area contributed by atoms with Gasteiger partial charge >= 0.3 is 0 Å². The third-order valence-electron chi connectivity index (χ3n) is 3.56. The van der Waals surface area contributed by atoms with Crippen LogP contribution in [0, 0.1) is 0 Å². The van der Waals surface area contributed by atoms with Gasteiger partial charge in [0.2, 0.25) is 0 Å². The molecule has 3 N–H and O–H groups in total. The highest BCUT2D eigenvalue weighted by Crippen LogP contribution is 2.22. The molecule has 0 saturated heterocycles. The third kappa shape index (κ3) is 3.54. The van der Waals surface area contributed by atoms with Gasteiger partial charge in [0.25, 0.3) is 21.8 Å². The van der Waals surface area contributed by atoms with Crippen LogP contribution in [0.3, 0.4) is 0 Å². The van der Waals surface area contributed by atoms with Gasteiger partial charge in [0, 0.05) is 11.8 Å². The summed E-state index contributed by atoms with van der Waals surface area (Å²) in [6, 6.07) is 10.2. The predicted octanol–water partition coefficient (Wildman–Crippen LogP) is -0.0302. The fourth-order valence-corrected chi connectivity index (χ4v) is 3.51. The Morgan fingerprint density at radius 1 is 1.12 bits per heavy atom. The number of hydrogen-bond acceptors (Lipinski definition) is 6. The average molecular weight is 373 g/mol. The van der Waals surface area contributed by atoms with Gasteiger partial charge < -0.3 is 0 Å². The molecule has 1 aromatic heterocycles. The van der Waals surface area contributed by atoms with Gasteiger partial charge in [-0.25, -0.2) is 8.42 Å². The van der Waals surface area contributed by atoms with Gasteiger partial charge in [-0.3, -0.25) is 35.1 Å². The monoisotopic (exact) mass is 373 g/mol. The summed E-state index contributed by atoms with van der Waals surface area (Å²) < 4.78 is 26.4. The lowest BCUT2D eigenvalue weighted by molar-refractivity contribution is -0.122. The fraction of sp³-hybridized carbons (Fsp3) is 0.125. The first-order valence-corrected chi connectivity index (χ1v) is 9.08. The van der Waals surface area contributed by atoms with E-state index in [0.29, 0.717) is 5.56 Å². The maximum absolute atomic E-state index is 12.1. The van der Waals surface area contributed by atoms with E-state index >= 15 is 0 Å². The second-order valence-corrected chi connectivity index (χ2v) is 7.06. The molecule has 0 bridgehead atoms. The van der Waals surface area contributed by atoms with E-state index in [1.807, 2.05) is 0 Å². The van der Waals surface area contributed by atoms with Crippen molar-refractivity contribution in [2.75, 3.05) is 0 Å². The van der Waals surface area contributed by atoms with Crippen molar-refractivity contribution in [2.45, 2.75) is 17.9 Å². The minimum absolute atomic E-state index is 0.0827. The van der Waals surface area contributed by atoms with Gasteiger partial charge in [-0.2, -0.15) is 0 Å². The van der Waals surface area contributed by atoms with Crippen LogP contribution in [0.1, 0.15) is 23.0 Å². The summed E-state index contributed by atoms with van der Waals surface area (Å²) in [6.07, 6.45) is 1.45. The Bertz CT molecular complexity index is 989. The number of amides is 2. The van der Waals surface area contributed by atoms with E-state index in [9.17, 15) is 18.0 Å². The van der Waals surface area contributed by atoms with Crippen LogP contribution in [0.25, 0.3) is 0 Å². The minimum atomic E-state index is -3.68. The Morgan fingerprint density at radius 3 is 2.58 bits per heavy atom. The van der Waals surface area contributed by atoms with Crippen molar-refractivity contribution in [3.05, 3.63) is 59.9 Å². The number of amidine groups is 1. The van der Waals surface area contributed by atoms with Crippen molar-refractivity contribution >= 4 is 27.7 Å². The summed E-state index contributed by atoms with van der Waals surface area (Å²) in [5.41, 5.74) is 5.00. The number of sulfonamides is 1. The molecule has 1 atom stereocenters. The first kappa shape index (κ1) is 17.5. The number of nitrogens with one attached hydrogen (secondary N) is 3. The molecular weight excluding hydrogens is 358 g/mol. The zero-order valence-corrected chi connectivity index (χ0v) is 14.4. The number of pyridine rings is 1. The van der Waals surface area contributed by atoms with Crippen molar-refractivity contribution in [1.82, 2.24) is 20.6 Å². The molecular formula is C16H15N5O4S. The molecule has 0 unspecified atom stereocenters. The van der Waals surface area contributed by atoms with Crippen LogP contribution in [0.5, 0.6) is 0 Å². The molecule has 134 valence electrons. The van der Waals surface area contributed by atoms with Crippen LogP contribution < -0.4 is 15.6 Å². The molecule has 1 aliphatic heterocycles. The van der Waals surface area contributed by atoms with Gasteiger partial charge in [0.15, 0.2) is 0 Å². The number of carbonyl (C=O) groups is 2. The van der Waals surface area contributed by atoms with E-state index in [2.05, 4.69) is 25.6 Å². The lowest BCUT2D eigenvalue weighted by Crippen LogP contribution is -2.45. The molecule has 26 heavy (non-hydrogen) atoms. The van der Waals surface area contributed by atoms with Crippen molar-refractivity contribution in [3.8, 4) is 0 Å². The zero-order chi connectivity index (χ0) is 18.7. The lowest BCUT2D eigenvalue weighted by Gasteiger charge is -2.10. The van der Waals surface area contributed by atoms with Crippen molar-refractivity contribution in [1.29, 1.82) is 0 Å². The topological polar surface area (TPSA) is 130 Å². The SMILES string of the molecule is C[C@@H](N=C1NS(=O)(=O)c2ccccc21)C(=O)NNC(=O)c1ccccn1. The van der Waals surface area contributed by atoms with Crippen LogP contribution in [0.4, 0.5) is 0 Å². The van der Waals surface area contributed by atoms with Crippen LogP contribution in [-0.4, -0.2) is 37.1 Å². The van der Waals surface area contributed by atoms with Crippen molar-refractivity contribution in [3.63, 3.8) is 0 Å². The number of rotatable bonds is 3. The molecule has 0 spiro atoms. The molecule has 2 amide bonds. The van der Waals surface area contributed by atoms with Gasteiger partial charge in [-0.05, 0) is 31.2 Å². The first-order chi connectivity index (χ1) is 12.4. The third-order valence-corrected chi connectivity index (χ3v) is 4.96. The Labute approximate surface area is 149 Å². The molecule has 9 nitrogen and oxygen atoms in total. The van der Waals surface area contributed by atoms with E-state index < -0.39 is 27.9 Å². The Hall–Kier alpha value is -3.27. The van der Waals surface area contributed by atoms with Crippen LogP contribution in [0.2, 0.25) is 0 Å². The Balaban J connectivity index is 1.68. The van der Waals surface area contributed by atoms with E-state index in [4.69, 9.17) is 0 Å². The number of nitrogens with zero attached hydrogens (tertiary/aromatic N) is 2. The first-order valence-electron chi connectivity index (χ1n) is 7.60. The Kier molecular flexibility index (Phi) is 4.67. The van der Waals surface area contributed by atoms with E-state index in [1.165, 1.54) is 25.3 Å². The second kappa shape index (κ2) is 6.92. The number of hydrogen-bond donors (Lipinski definition) is 3. The summed E-state index contributed by atoms with van der Waals surface area (Å²) >= 11 is 0. The highest BCUT2D eigenvalue weighted by molar-refractivity contribution is 7.90. The van der Waals surface area contributed by atoms with Crippen LogP contribution >= 0.6 is 0 Å². The summed E-state index contributed by atoms with van der Waals surface area (Å²) in [5.74, 6) is -1.10. The summed E-state index contributed by atoms with van der Waals surface area (Å²) in [7, 11) is -3.68.